The molecular weight excluding hydrogens is 540 g/mol. The van der Waals surface area contributed by atoms with E-state index in [1.54, 1.807) is 22.2 Å². The molecule has 43 heavy (non-hydrogen) atoms. The molecule has 6 rings (SSSR count). The largest absolute Gasteiger partial charge is 0.444 e. The summed E-state index contributed by atoms with van der Waals surface area (Å²) in [6.45, 7) is 12.1. The number of nitrogens with one attached hydrogen (secondary N) is 1. The Kier molecular flexibility index (Phi) is 7.13. The van der Waals surface area contributed by atoms with Gasteiger partial charge in [-0.2, -0.15) is 0 Å². The Morgan fingerprint density at radius 1 is 1.00 bits per heavy atom. The number of carbonyl (C=O) groups is 3. The number of pyridine rings is 1. The zero-order chi connectivity index (χ0) is 30.8. The second-order valence-corrected chi connectivity index (χ2v) is 15.1. The molecular formula is C35H46N4O4. The van der Waals surface area contributed by atoms with Crippen molar-refractivity contribution in [1.29, 1.82) is 0 Å². The minimum Gasteiger partial charge on any atom is -0.444 e. The Bertz CT molecular complexity index is 1390. The van der Waals surface area contributed by atoms with Gasteiger partial charge in [-0.05, 0) is 82.1 Å². The van der Waals surface area contributed by atoms with Crippen LogP contribution in [0.2, 0.25) is 0 Å². The Hall–Kier alpha value is -3.42. The van der Waals surface area contributed by atoms with E-state index in [0.717, 1.165) is 37.7 Å². The van der Waals surface area contributed by atoms with Crippen LogP contribution in [0.4, 0.5) is 10.5 Å². The maximum Gasteiger partial charge on any atom is 0.411 e. The molecule has 4 atom stereocenters. The van der Waals surface area contributed by atoms with E-state index in [2.05, 4.69) is 43.2 Å². The number of amides is 3. The van der Waals surface area contributed by atoms with Crippen LogP contribution in [0, 0.1) is 5.41 Å². The minimum absolute atomic E-state index is 0.00400. The van der Waals surface area contributed by atoms with Crippen molar-refractivity contribution in [3.63, 3.8) is 0 Å². The van der Waals surface area contributed by atoms with Crippen molar-refractivity contribution in [2.24, 2.45) is 5.41 Å². The average molecular weight is 587 g/mol. The van der Waals surface area contributed by atoms with Crippen LogP contribution in [0.25, 0.3) is 0 Å². The summed E-state index contributed by atoms with van der Waals surface area (Å²) in [6, 6.07) is 10.9. The van der Waals surface area contributed by atoms with Crippen LogP contribution in [0.1, 0.15) is 110 Å². The fraction of sp³-hybridized carbons (Fsp3) is 0.600. The molecule has 1 N–H and O–H groups in total. The van der Waals surface area contributed by atoms with E-state index in [0.29, 0.717) is 24.1 Å². The van der Waals surface area contributed by atoms with E-state index in [-0.39, 0.29) is 35.4 Å². The number of ether oxygens (including phenoxy) is 1. The standard InChI is InChI=1S/C35H46N4O4/c1-32(2,3)24-14-16-26(17-15-24)38(28(23-11-10-20-36-21-23)29(40)37-25-12-8-7-9-13-25)30(41)34-19-18-27-35(34,22-34)39(27)31(42)43-33(4,5)6/h10-11,14-17,20-21,25,27-28H,7-9,12-13,18-19,22H2,1-6H3,(H,37,40). The summed E-state index contributed by atoms with van der Waals surface area (Å²) >= 11 is 0. The molecule has 2 heterocycles. The number of hydrogen-bond donors (Lipinski definition) is 1. The molecule has 1 aliphatic heterocycles. The lowest BCUT2D eigenvalue weighted by atomic mass is 9.87. The number of nitrogens with zero attached hydrogens (tertiary/aromatic N) is 3. The van der Waals surface area contributed by atoms with Gasteiger partial charge in [-0.25, -0.2) is 4.79 Å². The highest BCUT2D eigenvalue weighted by atomic mass is 16.6. The molecule has 0 radical (unpaired) electrons. The number of anilines is 1. The molecule has 2 aromatic rings. The molecule has 3 aliphatic carbocycles. The first-order chi connectivity index (χ1) is 20.3. The molecule has 3 saturated carbocycles. The zero-order valence-electron chi connectivity index (χ0n) is 26.5. The van der Waals surface area contributed by atoms with Crippen LogP contribution in [0.3, 0.4) is 0 Å². The Labute approximate surface area is 255 Å². The molecule has 8 nitrogen and oxygen atoms in total. The molecule has 1 aromatic heterocycles. The van der Waals surface area contributed by atoms with E-state index < -0.39 is 22.6 Å². The lowest BCUT2D eigenvalue weighted by Gasteiger charge is -2.36. The molecule has 4 fully saturated rings. The van der Waals surface area contributed by atoms with E-state index in [9.17, 15) is 9.59 Å². The second-order valence-electron chi connectivity index (χ2n) is 15.1. The van der Waals surface area contributed by atoms with Crippen LogP contribution in [0.5, 0.6) is 0 Å². The van der Waals surface area contributed by atoms with Gasteiger partial charge in [-0.1, -0.05) is 58.2 Å². The van der Waals surface area contributed by atoms with Gasteiger partial charge in [0.2, 0.25) is 11.8 Å². The molecule has 0 bridgehead atoms. The van der Waals surface area contributed by atoms with Crippen molar-refractivity contribution in [2.75, 3.05) is 4.90 Å². The second kappa shape index (κ2) is 10.3. The number of benzene rings is 1. The van der Waals surface area contributed by atoms with Gasteiger partial charge in [0.15, 0.2) is 0 Å². The highest BCUT2D eigenvalue weighted by Crippen LogP contribution is 2.81. The Balaban J connectivity index is 1.39. The third-order valence-electron chi connectivity index (χ3n) is 10.0. The Morgan fingerprint density at radius 2 is 1.70 bits per heavy atom. The van der Waals surface area contributed by atoms with Crippen molar-refractivity contribution >= 4 is 23.6 Å². The van der Waals surface area contributed by atoms with Crippen molar-refractivity contribution in [3.8, 4) is 0 Å². The van der Waals surface area contributed by atoms with Crippen LogP contribution in [-0.4, -0.2) is 51.0 Å². The summed E-state index contributed by atoms with van der Waals surface area (Å²) in [7, 11) is 0. The fourth-order valence-corrected chi connectivity index (χ4v) is 7.81. The van der Waals surface area contributed by atoms with Crippen LogP contribution < -0.4 is 10.2 Å². The molecule has 1 aromatic carbocycles. The van der Waals surface area contributed by atoms with Gasteiger partial charge in [0.25, 0.3) is 0 Å². The van der Waals surface area contributed by atoms with Crippen molar-refractivity contribution in [2.45, 2.75) is 128 Å². The van der Waals surface area contributed by atoms with Gasteiger partial charge in [0.1, 0.15) is 11.6 Å². The van der Waals surface area contributed by atoms with Gasteiger partial charge in [0.05, 0.1) is 17.0 Å². The first kappa shape index (κ1) is 29.6. The number of aromatic nitrogens is 1. The molecule has 1 spiro atoms. The highest BCUT2D eigenvalue weighted by molar-refractivity contribution is 6.08. The number of piperidine rings is 1. The molecule has 3 amide bonds. The maximum atomic E-state index is 15.0. The van der Waals surface area contributed by atoms with Crippen molar-refractivity contribution in [3.05, 3.63) is 59.9 Å². The summed E-state index contributed by atoms with van der Waals surface area (Å²) < 4.78 is 5.73. The third kappa shape index (κ3) is 5.10. The summed E-state index contributed by atoms with van der Waals surface area (Å²) in [4.78, 5) is 50.4. The monoisotopic (exact) mass is 586 g/mol. The third-order valence-corrected chi connectivity index (χ3v) is 10.0. The minimum atomic E-state index is -0.886. The summed E-state index contributed by atoms with van der Waals surface area (Å²) in [5.41, 5.74) is 0.565. The average Bonchev–Trinajstić information content (AvgIpc) is 3.80. The fourth-order valence-electron chi connectivity index (χ4n) is 7.81. The lowest BCUT2D eigenvalue weighted by Crippen LogP contribution is -2.50. The van der Waals surface area contributed by atoms with E-state index in [1.165, 1.54) is 6.42 Å². The van der Waals surface area contributed by atoms with Crippen LogP contribution in [-0.2, 0) is 19.7 Å². The SMILES string of the molecule is CC(C)(C)OC(=O)N1C2CCC3(C(=O)N(c4ccc(C(C)(C)C)cc4)C(C(=O)NC4CCCCC4)c4cccnc4)CC213. The number of rotatable bonds is 6. The van der Waals surface area contributed by atoms with E-state index >= 15 is 4.79 Å². The summed E-state index contributed by atoms with van der Waals surface area (Å²) in [6.07, 6.45) is 10.3. The highest BCUT2D eigenvalue weighted by Gasteiger charge is 2.93. The predicted octanol–water partition coefficient (Wildman–Crippen LogP) is 6.44. The number of carbonyl (C=O) groups excluding carboxylic acids is 3. The van der Waals surface area contributed by atoms with E-state index in [4.69, 9.17) is 4.74 Å². The molecule has 230 valence electrons. The number of likely N-dealkylation sites (tertiary alicyclic amines) is 1. The quantitative estimate of drug-likeness (QED) is 0.393. The van der Waals surface area contributed by atoms with Gasteiger partial charge < -0.3 is 10.1 Å². The van der Waals surface area contributed by atoms with Crippen LogP contribution >= 0.6 is 0 Å². The molecule has 1 saturated heterocycles. The zero-order valence-corrected chi connectivity index (χ0v) is 26.5. The molecule has 4 unspecified atom stereocenters. The summed E-state index contributed by atoms with van der Waals surface area (Å²) in [5, 5.41) is 3.30. The van der Waals surface area contributed by atoms with Gasteiger partial charge in [0, 0.05) is 29.7 Å². The van der Waals surface area contributed by atoms with Crippen molar-refractivity contribution in [1.82, 2.24) is 15.2 Å². The van der Waals surface area contributed by atoms with Gasteiger partial charge >= 0.3 is 6.09 Å². The first-order valence-electron chi connectivity index (χ1n) is 16.0. The normalized spacial score (nSPS) is 27.0. The summed E-state index contributed by atoms with van der Waals surface area (Å²) in [5.74, 6) is -0.286. The first-order valence-corrected chi connectivity index (χ1v) is 16.0. The van der Waals surface area contributed by atoms with Crippen molar-refractivity contribution < 1.29 is 19.1 Å². The van der Waals surface area contributed by atoms with Gasteiger partial charge in [-0.3, -0.25) is 24.4 Å². The lowest BCUT2D eigenvalue weighted by molar-refractivity contribution is -0.130. The molecule has 8 heteroatoms. The smallest absolute Gasteiger partial charge is 0.411 e. The van der Waals surface area contributed by atoms with Gasteiger partial charge in [-0.15, -0.1) is 0 Å². The topological polar surface area (TPSA) is 91.6 Å². The molecule has 4 aliphatic rings. The predicted molar refractivity (Wildman–Crippen MR) is 165 cm³/mol. The Morgan fingerprint density at radius 3 is 2.30 bits per heavy atom. The maximum absolute atomic E-state index is 15.0. The van der Waals surface area contributed by atoms with E-state index in [1.807, 2.05) is 45.0 Å². The number of hydrogen-bond acceptors (Lipinski definition) is 5. The van der Waals surface area contributed by atoms with Crippen LogP contribution in [0.15, 0.2) is 48.8 Å².